The molecule has 4 heteroatoms. The first-order valence-corrected chi connectivity index (χ1v) is 6.07. The second-order valence-corrected chi connectivity index (χ2v) is 4.41. The highest BCUT2D eigenvalue weighted by Crippen LogP contribution is 2.22. The lowest BCUT2D eigenvalue weighted by Crippen LogP contribution is -2.27. The third-order valence-corrected chi connectivity index (χ3v) is 3.33. The molecule has 0 bridgehead atoms. The van der Waals surface area contributed by atoms with Gasteiger partial charge in [-0.2, -0.15) is 0 Å². The van der Waals surface area contributed by atoms with Gasteiger partial charge in [0.05, 0.1) is 12.3 Å². The van der Waals surface area contributed by atoms with Crippen LogP contribution in [0.2, 0.25) is 0 Å². The zero-order valence-electron chi connectivity index (χ0n) is 8.97. The summed E-state index contributed by atoms with van der Waals surface area (Å²) in [4.78, 5) is 12.9. The van der Waals surface area contributed by atoms with E-state index < -0.39 is 0 Å². The number of hydrogen-bond donors (Lipinski definition) is 1. The molecule has 2 rings (SSSR count). The van der Waals surface area contributed by atoms with Crippen molar-refractivity contribution in [2.24, 2.45) is 0 Å². The Morgan fingerprint density at radius 1 is 1.50 bits per heavy atom. The summed E-state index contributed by atoms with van der Waals surface area (Å²) in [5.74, 6) is 0.195. The van der Waals surface area contributed by atoms with E-state index in [0.29, 0.717) is 5.76 Å². The van der Waals surface area contributed by atoms with Crippen LogP contribution in [0.15, 0.2) is 40.3 Å². The second kappa shape index (κ2) is 4.99. The van der Waals surface area contributed by atoms with E-state index in [1.54, 1.807) is 23.5 Å². The van der Waals surface area contributed by atoms with Crippen LogP contribution in [0.5, 0.6) is 0 Å². The van der Waals surface area contributed by atoms with Crippen molar-refractivity contribution in [3.05, 3.63) is 46.5 Å². The molecule has 0 spiro atoms. The van der Waals surface area contributed by atoms with Gasteiger partial charge in [-0.05, 0) is 30.0 Å². The summed E-state index contributed by atoms with van der Waals surface area (Å²) in [6, 6.07) is 7.46. The Kier molecular flexibility index (Phi) is 3.41. The fourth-order valence-corrected chi connectivity index (χ4v) is 2.36. The molecule has 0 radical (unpaired) electrons. The fraction of sp³-hybridized carbons (Fsp3) is 0.250. The van der Waals surface area contributed by atoms with Crippen LogP contribution in [-0.2, 0) is 0 Å². The maximum atomic E-state index is 11.8. The van der Waals surface area contributed by atoms with Gasteiger partial charge in [-0.25, -0.2) is 0 Å². The number of carbonyl (C=O) groups is 1. The summed E-state index contributed by atoms with van der Waals surface area (Å²) in [5, 5.41) is 4.96. The Morgan fingerprint density at radius 3 is 2.94 bits per heavy atom. The summed E-state index contributed by atoms with van der Waals surface area (Å²) < 4.78 is 5.05. The van der Waals surface area contributed by atoms with Gasteiger partial charge in [-0.15, -0.1) is 11.3 Å². The maximum absolute atomic E-state index is 11.8. The molecule has 1 amide bonds. The van der Waals surface area contributed by atoms with Crippen molar-refractivity contribution < 1.29 is 9.21 Å². The number of hydrogen-bond acceptors (Lipinski definition) is 3. The van der Waals surface area contributed by atoms with E-state index in [2.05, 4.69) is 5.32 Å². The monoisotopic (exact) mass is 235 g/mol. The van der Waals surface area contributed by atoms with Crippen LogP contribution >= 0.6 is 11.3 Å². The molecular formula is C12H13NO2S. The molecule has 1 N–H and O–H groups in total. The minimum absolute atomic E-state index is 0.0672. The molecule has 2 aromatic heterocycles. The van der Waals surface area contributed by atoms with Gasteiger partial charge in [0, 0.05) is 4.88 Å². The predicted molar refractivity (Wildman–Crippen MR) is 63.5 cm³/mol. The van der Waals surface area contributed by atoms with Crippen molar-refractivity contribution in [2.45, 2.75) is 19.4 Å². The lowest BCUT2D eigenvalue weighted by molar-refractivity contribution is 0.0908. The van der Waals surface area contributed by atoms with Crippen LogP contribution < -0.4 is 5.32 Å². The van der Waals surface area contributed by atoms with E-state index in [1.165, 1.54) is 11.1 Å². The topological polar surface area (TPSA) is 42.2 Å². The summed E-state index contributed by atoms with van der Waals surface area (Å²) in [6.07, 6.45) is 2.37. The lowest BCUT2D eigenvalue weighted by atomic mass is 10.2. The second-order valence-electron chi connectivity index (χ2n) is 3.43. The third kappa shape index (κ3) is 2.33. The highest BCUT2D eigenvalue weighted by Gasteiger charge is 2.16. The molecule has 0 fully saturated rings. The van der Waals surface area contributed by atoms with Gasteiger partial charge in [0.15, 0.2) is 5.76 Å². The predicted octanol–water partition coefficient (Wildman–Crippen LogP) is 3.22. The maximum Gasteiger partial charge on any atom is 0.287 e. The zero-order chi connectivity index (χ0) is 11.4. The molecule has 2 heterocycles. The lowest BCUT2D eigenvalue weighted by Gasteiger charge is -2.14. The molecule has 0 aliphatic carbocycles. The van der Waals surface area contributed by atoms with Crippen molar-refractivity contribution >= 4 is 17.2 Å². The van der Waals surface area contributed by atoms with E-state index in [4.69, 9.17) is 4.42 Å². The number of furan rings is 1. The Hall–Kier alpha value is -1.55. The molecule has 84 valence electrons. The number of rotatable bonds is 4. The molecule has 16 heavy (non-hydrogen) atoms. The average molecular weight is 235 g/mol. The molecule has 1 atom stereocenters. The van der Waals surface area contributed by atoms with E-state index in [0.717, 1.165) is 6.42 Å². The molecule has 0 aliphatic heterocycles. The number of nitrogens with one attached hydrogen (secondary N) is 1. The molecule has 0 aromatic carbocycles. The van der Waals surface area contributed by atoms with E-state index in [9.17, 15) is 4.79 Å². The van der Waals surface area contributed by atoms with E-state index in [-0.39, 0.29) is 11.9 Å². The van der Waals surface area contributed by atoms with Crippen LogP contribution in [0.4, 0.5) is 0 Å². The van der Waals surface area contributed by atoms with Gasteiger partial charge < -0.3 is 9.73 Å². The number of amides is 1. The Labute approximate surface area is 98.1 Å². The minimum Gasteiger partial charge on any atom is -0.459 e. The number of carbonyl (C=O) groups excluding carboxylic acids is 1. The smallest absolute Gasteiger partial charge is 0.287 e. The largest absolute Gasteiger partial charge is 0.459 e. The van der Waals surface area contributed by atoms with Crippen molar-refractivity contribution in [2.75, 3.05) is 0 Å². The zero-order valence-corrected chi connectivity index (χ0v) is 9.79. The van der Waals surface area contributed by atoms with E-state index in [1.807, 2.05) is 24.4 Å². The van der Waals surface area contributed by atoms with Crippen LogP contribution in [-0.4, -0.2) is 5.91 Å². The first-order valence-electron chi connectivity index (χ1n) is 5.19. The van der Waals surface area contributed by atoms with E-state index >= 15 is 0 Å². The molecule has 0 saturated carbocycles. The van der Waals surface area contributed by atoms with Gasteiger partial charge in [0.2, 0.25) is 0 Å². The van der Waals surface area contributed by atoms with Crippen molar-refractivity contribution in [1.82, 2.24) is 5.32 Å². The SMILES string of the molecule is CCC(NC(=O)c1ccco1)c1cccs1. The summed E-state index contributed by atoms with van der Waals surface area (Å²) in [7, 11) is 0. The van der Waals surface area contributed by atoms with Gasteiger partial charge >= 0.3 is 0 Å². The Balaban J connectivity index is 2.05. The van der Waals surface area contributed by atoms with Gasteiger partial charge in [-0.3, -0.25) is 4.79 Å². The molecule has 1 unspecified atom stereocenters. The molecular weight excluding hydrogens is 222 g/mol. The van der Waals surface area contributed by atoms with Crippen LogP contribution in [0.3, 0.4) is 0 Å². The van der Waals surface area contributed by atoms with Crippen LogP contribution in [0, 0.1) is 0 Å². The first kappa shape index (κ1) is 11.0. The van der Waals surface area contributed by atoms with Crippen LogP contribution in [0.1, 0.15) is 34.8 Å². The Bertz CT molecular complexity index is 434. The average Bonchev–Trinajstić information content (AvgIpc) is 2.96. The van der Waals surface area contributed by atoms with Crippen molar-refractivity contribution in [3.63, 3.8) is 0 Å². The van der Waals surface area contributed by atoms with Gasteiger partial charge in [0.1, 0.15) is 0 Å². The normalized spacial score (nSPS) is 12.3. The molecule has 0 saturated heterocycles. The Morgan fingerprint density at radius 2 is 2.38 bits per heavy atom. The summed E-state index contributed by atoms with van der Waals surface area (Å²) >= 11 is 1.65. The minimum atomic E-state index is -0.162. The van der Waals surface area contributed by atoms with Crippen molar-refractivity contribution in [1.29, 1.82) is 0 Å². The summed E-state index contributed by atoms with van der Waals surface area (Å²) in [6.45, 7) is 2.05. The van der Waals surface area contributed by atoms with Gasteiger partial charge in [0.25, 0.3) is 5.91 Å². The number of thiophene rings is 1. The third-order valence-electron chi connectivity index (χ3n) is 2.35. The molecule has 2 aromatic rings. The van der Waals surface area contributed by atoms with Gasteiger partial charge in [-0.1, -0.05) is 13.0 Å². The highest BCUT2D eigenvalue weighted by molar-refractivity contribution is 7.10. The summed E-state index contributed by atoms with van der Waals surface area (Å²) in [5.41, 5.74) is 0. The van der Waals surface area contributed by atoms with Crippen LogP contribution in [0.25, 0.3) is 0 Å². The standard InChI is InChI=1S/C12H13NO2S/c1-2-9(11-6-4-8-16-11)13-12(14)10-5-3-7-15-10/h3-9H,2H2,1H3,(H,13,14). The molecule has 0 aliphatic rings. The quantitative estimate of drug-likeness (QED) is 0.884. The highest BCUT2D eigenvalue weighted by atomic mass is 32.1. The fourth-order valence-electron chi connectivity index (χ4n) is 1.50. The first-order chi connectivity index (χ1) is 7.81. The van der Waals surface area contributed by atoms with Crippen molar-refractivity contribution in [3.8, 4) is 0 Å². The molecule has 3 nitrogen and oxygen atoms in total.